The van der Waals surface area contributed by atoms with E-state index in [2.05, 4.69) is 10.3 Å². The minimum absolute atomic E-state index is 0.0519. The highest BCUT2D eigenvalue weighted by Crippen LogP contribution is 2.31. The maximum Gasteiger partial charge on any atom is 0.416 e. The second-order valence-corrected chi connectivity index (χ2v) is 8.43. The van der Waals surface area contributed by atoms with E-state index in [9.17, 15) is 21.6 Å². The van der Waals surface area contributed by atoms with E-state index >= 15 is 0 Å². The molecule has 1 aromatic heterocycles. The molecule has 0 saturated carbocycles. The lowest BCUT2D eigenvalue weighted by Crippen LogP contribution is -2.35. The van der Waals surface area contributed by atoms with E-state index in [0.717, 1.165) is 25.1 Å². The molecule has 2 heterocycles. The van der Waals surface area contributed by atoms with Crippen molar-refractivity contribution >= 4 is 9.84 Å². The van der Waals surface area contributed by atoms with Crippen LogP contribution in [0, 0.1) is 5.92 Å². The summed E-state index contributed by atoms with van der Waals surface area (Å²) in [6.07, 6.45) is -1.57. The average Bonchev–Trinajstić information content (AvgIpc) is 3.16. The Morgan fingerprint density at radius 1 is 1.15 bits per heavy atom. The Morgan fingerprint density at radius 2 is 1.81 bits per heavy atom. The van der Waals surface area contributed by atoms with Crippen LogP contribution in [-0.2, 0) is 16.0 Å². The molecule has 2 aromatic rings. The van der Waals surface area contributed by atoms with Crippen LogP contribution in [0.2, 0.25) is 0 Å². The Hall–Kier alpha value is -2.13. The molecule has 0 aliphatic carbocycles. The number of hydrogen-bond acceptors (Lipinski definition) is 5. The van der Waals surface area contributed by atoms with Crippen LogP contribution in [0.1, 0.15) is 12.0 Å². The highest BCUT2D eigenvalue weighted by Gasteiger charge is 2.33. The van der Waals surface area contributed by atoms with Crippen LogP contribution < -0.4 is 10.1 Å². The molecule has 1 aliphatic rings. The van der Waals surface area contributed by atoms with Gasteiger partial charge in [-0.25, -0.2) is 8.42 Å². The largest absolute Gasteiger partial charge is 0.489 e. The van der Waals surface area contributed by atoms with Gasteiger partial charge in [0.2, 0.25) is 0 Å². The van der Waals surface area contributed by atoms with Gasteiger partial charge in [0.25, 0.3) is 0 Å². The number of hydrogen-bond donors (Lipinski definition) is 1. The van der Waals surface area contributed by atoms with Crippen molar-refractivity contribution in [1.82, 2.24) is 10.3 Å². The van der Waals surface area contributed by atoms with Crippen LogP contribution in [-0.4, -0.2) is 38.3 Å². The lowest BCUT2D eigenvalue weighted by atomic mass is 10.0. The number of sulfone groups is 1. The minimum atomic E-state index is -4.43. The number of rotatable bonds is 6. The van der Waals surface area contributed by atoms with Crippen LogP contribution in [0.5, 0.6) is 5.75 Å². The van der Waals surface area contributed by atoms with E-state index in [1.165, 1.54) is 36.7 Å². The smallest absolute Gasteiger partial charge is 0.416 e. The van der Waals surface area contributed by atoms with E-state index in [1.54, 1.807) is 0 Å². The predicted molar refractivity (Wildman–Crippen MR) is 93.1 cm³/mol. The molecule has 146 valence electrons. The molecule has 1 N–H and O–H groups in total. The van der Waals surface area contributed by atoms with Crippen LogP contribution in [0.4, 0.5) is 13.2 Å². The van der Waals surface area contributed by atoms with Crippen LogP contribution in [0.3, 0.4) is 0 Å². The summed E-state index contributed by atoms with van der Waals surface area (Å²) in [4.78, 5) is 3.96. The van der Waals surface area contributed by atoms with Crippen molar-refractivity contribution in [3.05, 3.63) is 54.4 Å². The van der Waals surface area contributed by atoms with Gasteiger partial charge in [-0.15, -0.1) is 0 Å². The van der Waals surface area contributed by atoms with Crippen molar-refractivity contribution in [2.75, 3.05) is 18.8 Å². The molecule has 0 radical (unpaired) electrons. The van der Waals surface area contributed by atoms with Gasteiger partial charge in [0.1, 0.15) is 11.9 Å². The molecule has 2 atom stereocenters. The van der Waals surface area contributed by atoms with Gasteiger partial charge in [0, 0.05) is 24.9 Å². The maximum absolute atomic E-state index is 12.7. The Kier molecular flexibility index (Phi) is 5.71. The molecule has 0 bridgehead atoms. The first-order valence-corrected chi connectivity index (χ1v) is 10.1. The van der Waals surface area contributed by atoms with E-state index in [0.29, 0.717) is 6.54 Å². The summed E-state index contributed by atoms with van der Waals surface area (Å²) in [7, 11) is -3.62. The van der Waals surface area contributed by atoms with Gasteiger partial charge >= 0.3 is 6.18 Å². The Morgan fingerprint density at radius 3 is 2.37 bits per heavy atom. The first-order valence-electron chi connectivity index (χ1n) is 8.43. The first kappa shape index (κ1) is 19.6. The second-order valence-electron chi connectivity index (χ2n) is 6.40. The second kappa shape index (κ2) is 7.85. The van der Waals surface area contributed by atoms with E-state index < -0.39 is 27.7 Å². The van der Waals surface area contributed by atoms with Crippen LogP contribution in [0.15, 0.2) is 53.7 Å². The summed E-state index contributed by atoms with van der Waals surface area (Å²) < 4.78 is 69.3. The quantitative estimate of drug-likeness (QED) is 0.808. The highest BCUT2D eigenvalue weighted by atomic mass is 32.2. The predicted octanol–water partition coefficient (Wildman–Crippen LogP) is 2.93. The third kappa shape index (κ3) is 4.98. The summed E-state index contributed by atoms with van der Waals surface area (Å²) in [5, 5.41) is 3.16. The monoisotopic (exact) mass is 400 g/mol. The molecule has 1 unspecified atom stereocenters. The fourth-order valence-electron chi connectivity index (χ4n) is 3.02. The van der Waals surface area contributed by atoms with Crippen molar-refractivity contribution in [3.8, 4) is 5.75 Å². The Bertz CT molecular complexity index is 850. The SMILES string of the molecule is O=S(=O)(CC(Oc1ccc(C(F)(F)F)cc1)[C@H]1CCNC1)c1ccncc1. The maximum atomic E-state index is 12.7. The number of pyridine rings is 1. The standard InChI is InChI=1S/C18H19F3N2O3S/c19-18(20,21)14-1-3-15(4-2-14)26-17(13-5-8-23-11-13)12-27(24,25)16-6-9-22-10-7-16/h1-4,6-7,9-10,13,17,23H,5,8,11-12H2/t13-,17?/m0/s1. The number of nitrogens with one attached hydrogen (secondary N) is 1. The molecule has 1 saturated heterocycles. The zero-order chi connectivity index (χ0) is 19.5. The Balaban J connectivity index is 1.80. The zero-order valence-electron chi connectivity index (χ0n) is 14.3. The molecule has 5 nitrogen and oxygen atoms in total. The summed E-state index contributed by atoms with van der Waals surface area (Å²) >= 11 is 0. The van der Waals surface area contributed by atoms with Crippen molar-refractivity contribution in [3.63, 3.8) is 0 Å². The number of nitrogens with zero attached hydrogens (tertiary/aromatic N) is 1. The Labute approximate surface area is 155 Å². The van der Waals surface area contributed by atoms with Crippen molar-refractivity contribution in [1.29, 1.82) is 0 Å². The number of alkyl halides is 3. The van der Waals surface area contributed by atoms with E-state index in [-0.39, 0.29) is 22.3 Å². The molecule has 1 aliphatic heterocycles. The molecule has 3 rings (SSSR count). The van der Waals surface area contributed by atoms with Crippen LogP contribution >= 0.6 is 0 Å². The zero-order valence-corrected chi connectivity index (χ0v) is 15.1. The van der Waals surface area contributed by atoms with Crippen molar-refractivity contribution in [2.24, 2.45) is 5.92 Å². The molecule has 9 heteroatoms. The fourth-order valence-corrected chi connectivity index (χ4v) is 4.52. The third-order valence-corrected chi connectivity index (χ3v) is 6.24. The van der Waals surface area contributed by atoms with Gasteiger partial charge in [0.15, 0.2) is 9.84 Å². The topological polar surface area (TPSA) is 68.3 Å². The number of halogens is 3. The molecule has 0 spiro atoms. The first-order chi connectivity index (χ1) is 12.8. The lowest BCUT2D eigenvalue weighted by Gasteiger charge is -2.24. The molecular weight excluding hydrogens is 381 g/mol. The molecule has 0 amide bonds. The van der Waals surface area contributed by atoms with Gasteiger partial charge in [-0.05, 0) is 49.4 Å². The van der Waals surface area contributed by atoms with E-state index in [4.69, 9.17) is 4.74 Å². The van der Waals surface area contributed by atoms with Gasteiger partial charge in [0.05, 0.1) is 16.2 Å². The number of ether oxygens (including phenoxy) is 1. The summed E-state index contributed by atoms with van der Waals surface area (Å²) in [6, 6.07) is 7.12. The van der Waals surface area contributed by atoms with Gasteiger partial charge < -0.3 is 10.1 Å². The molecular formula is C18H19F3N2O3S. The van der Waals surface area contributed by atoms with Crippen molar-refractivity contribution < 1.29 is 26.3 Å². The minimum Gasteiger partial charge on any atom is -0.489 e. The number of aromatic nitrogens is 1. The van der Waals surface area contributed by atoms with Gasteiger partial charge in [-0.2, -0.15) is 13.2 Å². The number of benzene rings is 1. The molecule has 1 aromatic carbocycles. The van der Waals surface area contributed by atoms with E-state index in [1.807, 2.05) is 0 Å². The molecule has 27 heavy (non-hydrogen) atoms. The lowest BCUT2D eigenvalue weighted by molar-refractivity contribution is -0.137. The summed E-state index contributed by atoms with van der Waals surface area (Å²) in [6.45, 7) is 1.34. The van der Waals surface area contributed by atoms with Crippen LogP contribution in [0.25, 0.3) is 0 Å². The summed E-state index contributed by atoms with van der Waals surface area (Å²) in [5.74, 6) is -0.0987. The molecule has 1 fully saturated rings. The normalized spacial score (nSPS) is 19.0. The average molecular weight is 400 g/mol. The van der Waals surface area contributed by atoms with Gasteiger partial charge in [-0.3, -0.25) is 4.98 Å². The third-order valence-electron chi connectivity index (χ3n) is 4.49. The summed E-state index contributed by atoms with van der Waals surface area (Å²) in [5.41, 5.74) is -0.779. The van der Waals surface area contributed by atoms with Crippen molar-refractivity contribution in [2.45, 2.75) is 23.6 Å². The highest BCUT2D eigenvalue weighted by molar-refractivity contribution is 7.91. The van der Waals surface area contributed by atoms with Gasteiger partial charge in [-0.1, -0.05) is 0 Å². The fraction of sp³-hybridized carbons (Fsp3) is 0.389.